The number of amides is 1. The summed E-state index contributed by atoms with van der Waals surface area (Å²) in [7, 11) is 3.90. The largest absolute Gasteiger partial charge is 0.489 e. The molecule has 246 valence electrons. The molecule has 0 saturated heterocycles. The molecule has 1 atom stereocenters. The number of benzene rings is 2. The Morgan fingerprint density at radius 2 is 1.89 bits per heavy atom. The lowest BCUT2D eigenvalue weighted by atomic mass is 9.71. The van der Waals surface area contributed by atoms with E-state index >= 15 is 0 Å². The van der Waals surface area contributed by atoms with Gasteiger partial charge >= 0.3 is 0 Å². The third-order valence-corrected chi connectivity index (χ3v) is 7.35. The highest BCUT2D eigenvalue weighted by atomic mass is 16.5. The Kier molecular flexibility index (Phi) is 13.4. The van der Waals surface area contributed by atoms with Gasteiger partial charge in [0.2, 0.25) is 5.82 Å². The second kappa shape index (κ2) is 17.2. The normalized spacial score (nSPS) is 12.7. The molecule has 0 aliphatic carbocycles. The summed E-state index contributed by atoms with van der Waals surface area (Å²) in [6.07, 6.45) is 10.4. The predicted molar refractivity (Wildman–Crippen MR) is 184 cm³/mol. The van der Waals surface area contributed by atoms with Gasteiger partial charge in [-0.15, -0.1) is 5.10 Å². The zero-order valence-electron chi connectivity index (χ0n) is 28.0. The smallest absolute Gasteiger partial charge is 0.291 e. The number of nitrogens with one attached hydrogen (secondary N) is 2. The molecule has 0 aliphatic heterocycles. The van der Waals surface area contributed by atoms with Gasteiger partial charge in [0.05, 0.1) is 18.9 Å². The van der Waals surface area contributed by atoms with Crippen LogP contribution in [0.5, 0.6) is 5.75 Å². The summed E-state index contributed by atoms with van der Waals surface area (Å²) in [5.41, 5.74) is 2.89. The van der Waals surface area contributed by atoms with Crippen LogP contribution in [0.4, 0.5) is 5.69 Å². The molecule has 0 fully saturated rings. The van der Waals surface area contributed by atoms with E-state index in [0.717, 1.165) is 24.1 Å². The molecule has 3 rings (SSSR count). The Morgan fingerprint density at radius 1 is 1.13 bits per heavy atom. The van der Waals surface area contributed by atoms with E-state index in [-0.39, 0.29) is 23.3 Å². The van der Waals surface area contributed by atoms with Crippen LogP contribution in [-0.2, 0) is 21.4 Å². The number of aromatic nitrogens is 3. The first-order valence-electron chi connectivity index (χ1n) is 15.5. The molecule has 10 heteroatoms. The summed E-state index contributed by atoms with van der Waals surface area (Å²) in [5.74, 6) is 0.590. The topological polar surface area (TPSA) is 122 Å². The molecule has 2 N–H and O–H groups in total. The SMILES string of the molecule is C=N/C=C\C=C/CCOCC(C)(C)CC(C)(C)c1ccc(OCC(C=O)NC(=O)c2n[nH]c(Cc3ccccc3)n2)c(N(C)C)c1. The number of H-pyrrole nitrogens is 1. The Morgan fingerprint density at radius 3 is 2.59 bits per heavy atom. The Bertz CT molecular complexity index is 1480. The number of nitrogens with zero attached hydrogens (tertiary/aromatic N) is 4. The Hall–Kier alpha value is -4.57. The van der Waals surface area contributed by atoms with Gasteiger partial charge < -0.3 is 24.5 Å². The van der Waals surface area contributed by atoms with Crippen molar-refractivity contribution in [2.24, 2.45) is 10.4 Å². The second-order valence-electron chi connectivity index (χ2n) is 12.9. The fourth-order valence-electron chi connectivity index (χ4n) is 5.34. The minimum atomic E-state index is -0.883. The molecule has 1 aromatic heterocycles. The molecule has 0 saturated carbocycles. The van der Waals surface area contributed by atoms with Crippen LogP contribution in [0.25, 0.3) is 0 Å². The van der Waals surface area contributed by atoms with Gasteiger partial charge in [-0.2, -0.15) is 0 Å². The average Bonchev–Trinajstić information content (AvgIpc) is 3.49. The fourth-order valence-corrected chi connectivity index (χ4v) is 5.34. The standard InChI is InChI=1S/C36H48N6O4/c1-35(2,26-45-20-14-9-8-13-19-37-5)25-36(3,4)28-17-18-31(30(22-28)42(6)7)46-24-29(23-43)38-34(44)33-39-32(40-41-33)21-27-15-11-10-12-16-27/h8-13,15-19,22-23,29H,5,14,20-21,24-26H2,1-4,6-7H3,(H,38,44)(H,39,40,41)/b9-8-,19-13-. The lowest BCUT2D eigenvalue weighted by molar-refractivity contribution is -0.110. The van der Waals surface area contributed by atoms with Crippen molar-refractivity contribution in [2.45, 2.75) is 58.4 Å². The molecule has 10 nitrogen and oxygen atoms in total. The number of aliphatic imine (C=N–C) groups is 1. The van der Waals surface area contributed by atoms with Gasteiger partial charge in [0.25, 0.3) is 5.91 Å². The molecule has 46 heavy (non-hydrogen) atoms. The van der Waals surface area contributed by atoms with E-state index in [0.29, 0.717) is 37.5 Å². The lowest BCUT2D eigenvalue weighted by Gasteiger charge is -2.36. The van der Waals surface area contributed by atoms with Crippen molar-refractivity contribution in [3.63, 3.8) is 0 Å². The summed E-state index contributed by atoms with van der Waals surface area (Å²) in [6.45, 7) is 13.6. The van der Waals surface area contributed by atoms with E-state index in [1.807, 2.05) is 67.5 Å². The van der Waals surface area contributed by atoms with Gasteiger partial charge in [0, 0.05) is 26.7 Å². The molecular formula is C36H48N6O4. The average molecular weight is 629 g/mol. The van der Waals surface area contributed by atoms with Gasteiger partial charge in [-0.25, -0.2) is 4.98 Å². The molecule has 0 bridgehead atoms. The van der Waals surface area contributed by atoms with Crippen molar-refractivity contribution in [3.8, 4) is 5.75 Å². The maximum Gasteiger partial charge on any atom is 0.291 e. The molecule has 3 aromatic rings. The number of carbonyl (C=O) groups excluding carboxylic acids is 2. The van der Waals surface area contributed by atoms with Crippen LogP contribution in [0.15, 0.2) is 78.0 Å². The molecule has 1 unspecified atom stereocenters. The van der Waals surface area contributed by atoms with Crippen LogP contribution in [-0.4, -0.2) is 74.1 Å². The summed E-state index contributed by atoms with van der Waals surface area (Å²) >= 11 is 0. The van der Waals surface area contributed by atoms with Crippen molar-refractivity contribution >= 4 is 24.6 Å². The molecule has 0 spiro atoms. The minimum Gasteiger partial charge on any atom is -0.489 e. The maximum absolute atomic E-state index is 12.8. The number of aromatic amines is 1. The summed E-state index contributed by atoms with van der Waals surface area (Å²) < 4.78 is 12.1. The molecule has 1 amide bonds. The van der Waals surface area contributed by atoms with E-state index < -0.39 is 11.9 Å². The van der Waals surface area contributed by atoms with Crippen LogP contribution in [0.2, 0.25) is 0 Å². The highest BCUT2D eigenvalue weighted by Gasteiger charge is 2.31. The van der Waals surface area contributed by atoms with Crippen LogP contribution in [0.3, 0.4) is 0 Å². The highest BCUT2D eigenvalue weighted by Crippen LogP contribution is 2.40. The Labute approximate surface area is 273 Å². The first kappa shape index (κ1) is 35.9. The van der Waals surface area contributed by atoms with Gasteiger partial charge in [0.15, 0.2) is 0 Å². The van der Waals surface area contributed by atoms with E-state index in [1.165, 1.54) is 5.56 Å². The maximum atomic E-state index is 12.8. The van der Waals surface area contributed by atoms with Crippen molar-refractivity contribution in [1.29, 1.82) is 0 Å². The predicted octanol–water partition coefficient (Wildman–Crippen LogP) is 5.71. The zero-order valence-corrected chi connectivity index (χ0v) is 28.0. The number of carbonyl (C=O) groups is 2. The molecule has 0 aliphatic rings. The monoisotopic (exact) mass is 628 g/mol. The first-order valence-corrected chi connectivity index (χ1v) is 15.5. The molecule has 2 aromatic carbocycles. The van der Waals surface area contributed by atoms with Crippen molar-refractivity contribution < 1.29 is 19.1 Å². The number of rotatable bonds is 19. The number of allylic oxidation sites excluding steroid dienone is 2. The van der Waals surface area contributed by atoms with Gasteiger partial charge in [0.1, 0.15) is 30.5 Å². The minimum absolute atomic E-state index is 0.0297. The second-order valence-corrected chi connectivity index (χ2v) is 12.9. The van der Waals surface area contributed by atoms with Gasteiger partial charge in [-0.05, 0) is 59.7 Å². The first-order chi connectivity index (χ1) is 21.9. The molecule has 1 heterocycles. The van der Waals surface area contributed by atoms with E-state index in [9.17, 15) is 9.59 Å². The summed E-state index contributed by atoms with van der Waals surface area (Å²) in [5, 5.41) is 9.48. The van der Waals surface area contributed by atoms with Crippen LogP contribution in [0.1, 0.15) is 68.1 Å². The van der Waals surface area contributed by atoms with Crippen molar-refractivity contribution in [2.75, 3.05) is 38.8 Å². The Balaban J connectivity index is 1.58. The molecule has 0 radical (unpaired) electrons. The third-order valence-electron chi connectivity index (χ3n) is 7.35. The fraction of sp³-hybridized carbons (Fsp3) is 0.417. The van der Waals surface area contributed by atoms with Crippen LogP contribution < -0.4 is 15.0 Å². The van der Waals surface area contributed by atoms with Gasteiger partial charge in [-0.1, -0.05) is 76.2 Å². The zero-order chi connectivity index (χ0) is 33.6. The van der Waals surface area contributed by atoms with E-state index in [2.05, 4.69) is 78.1 Å². The number of hydrogen-bond acceptors (Lipinski definition) is 8. The lowest BCUT2D eigenvalue weighted by Crippen LogP contribution is -2.40. The van der Waals surface area contributed by atoms with E-state index in [1.54, 1.807) is 6.20 Å². The molecular weight excluding hydrogens is 580 g/mol. The van der Waals surface area contributed by atoms with Crippen LogP contribution >= 0.6 is 0 Å². The summed E-state index contributed by atoms with van der Waals surface area (Å²) in [6, 6.07) is 15.0. The van der Waals surface area contributed by atoms with Gasteiger partial charge in [-0.3, -0.25) is 14.9 Å². The number of anilines is 1. The third kappa shape index (κ3) is 11.4. The van der Waals surface area contributed by atoms with Crippen molar-refractivity contribution in [3.05, 3.63) is 95.7 Å². The number of aldehydes is 1. The van der Waals surface area contributed by atoms with E-state index in [4.69, 9.17) is 9.47 Å². The summed E-state index contributed by atoms with van der Waals surface area (Å²) in [4.78, 5) is 34.6. The number of ether oxygens (including phenoxy) is 2. The highest BCUT2D eigenvalue weighted by molar-refractivity contribution is 5.92. The quantitative estimate of drug-likeness (QED) is 0.0755. The van der Waals surface area contributed by atoms with Crippen LogP contribution in [0, 0.1) is 5.41 Å². The van der Waals surface area contributed by atoms with Crippen molar-refractivity contribution in [1.82, 2.24) is 20.5 Å². The number of hydrogen-bond donors (Lipinski definition) is 2.